The molecule has 128 valence electrons. The predicted molar refractivity (Wildman–Crippen MR) is 91.0 cm³/mol. The summed E-state index contributed by atoms with van der Waals surface area (Å²) in [5.41, 5.74) is 2.36. The quantitative estimate of drug-likeness (QED) is 0.715. The zero-order valence-electron chi connectivity index (χ0n) is 14.1. The number of amides is 1. The average molecular weight is 339 g/mol. The molecule has 1 heterocycles. The lowest BCUT2D eigenvalue weighted by Gasteiger charge is -2.14. The van der Waals surface area contributed by atoms with Crippen molar-refractivity contribution in [2.75, 3.05) is 7.05 Å². The highest BCUT2D eigenvalue weighted by Gasteiger charge is 2.16. The van der Waals surface area contributed by atoms with Gasteiger partial charge in [-0.05, 0) is 18.6 Å². The van der Waals surface area contributed by atoms with Gasteiger partial charge in [0.2, 0.25) is 17.6 Å². The number of aromatic nitrogens is 2. The zero-order valence-corrected chi connectivity index (χ0v) is 14.1. The third-order valence-corrected chi connectivity index (χ3v) is 3.88. The summed E-state index contributed by atoms with van der Waals surface area (Å²) in [7, 11) is 1.62. The summed E-state index contributed by atoms with van der Waals surface area (Å²) in [6.07, 6.45) is -0.0118. The van der Waals surface area contributed by atoms with E-state index in [0.29, 0.717) is 17.3 Å². The molecule has 1 amide bonds. The summed E-state index contributed by atoms with van der Waals surface area (Å²) in [5.74, 6) is 0.203. The minimum Gasteiger partial charge on any atom is -0.337 e. The molecule has 0 unspecified atom stereocenters. The molecule has 6 heteroatoms. The van der Waals surface area contributed by atoms with Gasteiger partial charge in [0.1, 0.15) is 5.82 Å². The number of nitrogens with zero attached hydrogens (tertiary/aromatic N) is 3. The minimum absolute atomic E-state index is 0.0118. The Morgan fingerprint density at radius 2 is 1.88 bits per heavy atom. The molecular formula is C19H18FN3O2. The first kappa shape index (κ1) is 16.8. The van der Waals surface area contributed by atoms with Gasteiger partial charge in [0.15, 0.2) is 0 Å². The molecule has 1 aromatic heterocycles. The molecule has 2 aromatic carbocycles. The van der Waals surface area contributed by atoms with Gasteiger partial charge < -0.3 is 9.42 Å². The summed E-state index contributed by atoms with van der Waals surface area (Å²) in [6, 6.07) is 14.0. The summed E-state index contributed by atoms with van der Waals surface area (Å²) >= 11 is 0. The van der Waals surface area contributed by atoms with Gasteiger partial charge in [0, 0.05) is 12.6 Å². The van der Waals surface area contributed by atoms with E-state index in [1.165, 1.54) is 11.0 Å². The number of hydrogen-bond acceptors (Lipinski definition) is 4. The molecule has 25 heavy (non-hydrogen) atoms. The van der Waals surface area contributed by atoms with Crippen molar-refractivity contribution in [1.29, 1.82) is 0 Å². The van der Waals surface area contributed by atoms with E-state index in [2.05, 4.69) is 10.1 Å². The molecule has 0 aliphatic rings. The largest absolute Gasteiger partial charge is 0.337 e. The van der Waals surface area contributed by atoms with Gasteiger partial charge in [-0.3, -0.25) is 4.79 Å². The van der Waals surface area contributed by atoms with Crippen molar-refractivity contribution in [2.24, 2.45) is 0 Å². The van der Waals surface area contributed by atoms with Crippen LogP contribution >= 0.6 is 0 Å². The summed E-state index contributed by atoms with van der Waals surface area (Å²) < 4.78 is 18.9. The van der Waals surface area contributed by atoms with E-state index in [0.717, 1.165) is 11.1 Å². The normalized spacial score (nSPS) is 10.7. The Bertz CT molecular complexity index is 874. The van der Waals surface area contributed by atoms with Crippen molar-refractivity contribution in [3.63, 3.8) is 0 Å². The fourth-order valence-electron chi connectivity index (χ4n) is 2.37. The fraction of sp³-hybridized carbons (Fsp3) is 0.211. The molecule has 0 bridgehead atoms. The average Bonchev–Trinajstić information content (AvgIpc) is 3.06. The Morgan fingerprint density at radius 1 is 1.16 bits per heavy atom. The SMILES string of the molecule is Cc1ccc(-c2noc(CN(C)C(=O)Cc3ccccc3F)n2)cc1. The van der Waals surface area contributed by atoms with Crippen LogP contribution in [0.4, 0.5) is 4.39 Å². The Balaban J connectivity index is 1.65. The highest BCUT2D eigenvalue weighted by Crippen LogP contribution is 2.17. The molecule has 3 aromatic rings. The molecule has 0 N–H and O–H groups in total. The van der Waals surface area contributed by atoms with Crippen LogP contribution in [-0.2, 0) is 17.8 Å². The molecule has 0 fully saturated rings. The Morgan fingerprint density at radius 3 is 2.60 bits per heavy atom. The van der Waals surface area contributed by atoms with Crippen molar-refractivity contribution in [3.8, 4) is 11.4 Å². The third kappa shape index (κ3) is 4.09. The Hall–Kier alpha value is -3.02. The van der Waals surface area contributed by atoms with E-state index in [1.54, 1.807) is 25.2 Å². The summed E-state index contributed by atoms with van der Waals surface area (Å²) in [6.45, 7) is 2.17. The van der Waals surface area contributed by atoms with Crippen LogP contribution in [0, 0.1) is 12.7 Å². The van der Waals surface area contributed by atoms with Crippen LogP contribution < -0.4 is 0 Å². The smallest absolute Gasteiger partial charge is 0.246 e. The van der Waals surface area contributed by atoms with Crippen molar-refractivity contribution in [2.45, 2.75) is 19.9 Å². The highest BCUT2D eigenvalue weighted by atomic mass is 19.1. The molecule has 3 rings (SSSR count). The van der Waals surface area contributed by atoms with Gasteiger partial charge in [0.05, 0.1) is 13.0 Å². The topological polar surface area (TPSA) is 59.2 Å². The van der Waals surface area contributed by atoms with Crippen LogP contribution in [0.25, 0.3) is 11.4 Å². The van der Waals surface area contributed by atoms with Crippen LogP contribution in [0.3, 0.4) is 0 Å². The van der Waals surface area contributed by atoms with Crippen LogP contribution in [-0.4, -0.2) is 28.0 Å². The Labute approximate surface area is 145 Å². The van der Waals surface area contributed by atoms with Gasteiger partial charge in [-0.25, -0.2) is 4.39 Å². The second kappa shape index (κ2) is 7.25. The number of aryl methyl sites for hydroxylation is 1. The lowest BCUT2D eigenvalue weighted by atomic mass is 10.1. The fourth-order valence-corrected chi connectivity index (χ4v) is 2.37. The number of halogens is 1. The maximum Gasteiger partial charge on any atom is 0.246 e. The summed E-state index contributed by atoms with van der Waals surface area (Å²) in [4.78, 5) is 18.0. The number of likely N-dealkylation sites (N-methyl/N-ethyl adjacent to an activating group) is 1. The maximum atomic E-state index is 13.6. The van der Waals surface area contributed by atoms with E-state index in [1.807, 2.05) is 31.2 Å². The van der Waals surface area contributed by atoms with Crippen molar-refractivity contribution in [1.82, 2.24) is 15.0 Å². The molecule has 0 saturated heterocycles. The van der Waals surface area contributed by atoms with Crippen LogP contribution in [0.1, 0.15) is 17.0 Å². The molecule has 0 aliphatic carbocycles. The first-order valence-corrected chi connectivity index (χ1v) is 7.90. The standard InChI is InChI=1S/C19H18FN3O2/c1-13-7-9-14(10-8-13)19-21-17(25-22-19)12-23(2)18(24)11-15-5-3-4-6-16(15)20/h3-10H,11-12H2,1-2H3. The van der Waals surface area contributed by atoms with Gasteiger partial charge in [-0.2, -0.15) is 4.98 Å². The van der Waals surface area contributed by atoms with Gasteiger partial charge in [-0.1, -0.05) is 53.2 Å². The Kier molecular flexibility index (Phi) is 4.88. The number of rotatable bonds is 5. The highest BCUT2D eigenvalue weighted by molar-refractivity contribution is 5.78. The molecular weight excluding hydrogens is 321 g/mol. The van der Waals surface area contributed by atoms with Crippen LogP contribution in [0.5, 0.6) is 0 Å². The third-order valence-electron chi connectivity index (χ3n) is 3.88. The van der Waals surface area contributed by atoms with E-state index in [4.69, 9.17) is 4.52 Å². The van der Waals surface area contributed by atoms with E-state index in [-0.39, 0.29) is 24.7 Å². The van der Waals surface area contributed by atoms with E-state index >= 15 is 0 Å². The van der Waals surface area contributed by atoms with Gasteiger partial charge >= 0.3 is 0 Å². The molecule has 0 radical (unpaired) electrons. The van der Waals surface area contributed by atoms with Gasteiger partial charge in [0.25, 0.3) is 0 Å². The van der Waals surface area contributed by atoms with Crippen molar-refractivity contribution in [3.05, 3.63) is 71.4 Å². The molecule has 0 atom stereocenters. The lowest BCUT2D eigenvalue weighted by Crippen LogP contribution is -2.28. The first-order chi connectivity index (χ1) is 12.0. The molecule has 5 nitrogen and oxygen atoms in total. The van der Waals surface area contributed by atoms with Crippen LogP contribution in [0.2, 0.25) is 0 Å². The molecule has 0 spiro atoms. The second-order valence-corrected chi connectivity index (χ2v) is 5.90. The zero-order chi connectivity index (χ0) is 17.8. The molecule has 0 saturated carbocycles. The van der Waals surface area contributed by atoms with Gasteiger partial charge in [-0.15, -0.1) is 0 Å². The first-order valence-electron chi connectivity index (χ1n) is 7.90. The number of hydrogen-bond donors (Lipinski definition) is 0. The number of carbonyl (C=O) groups excluding carboxylic acids is 1. The van der Waals surface area contributed by atoms with Crippen molar-refractivity contribution < 1.29 is 13.7 Å². The maximum absolute atomic E-state index is 13.6. The molecule has 0 aliphatic heterocycles. The predicted octanol–water partition coefficient (Wildman–Crippen LogP) is 3.39. The van der Waals surface area contributed by atoms with Crippen molar-refractivity contribution >= 4 is 5.91 Å². The van der Waals surface area contributed by atoms with E-state index < -0.39 is 0 Å². The van der Waals surface area contributed by atoms with Crippen LogP contribution in [0.15, 0.2) is 53.1 Å². The number of benzene rings is 2. The monoisotopic (exact) mass is 339 g/mol. The second-order valence-electron chi connectivity index (χ2n) is 5.90. The summed E-state index contributed by atoms with van der Waals surface area (Å²) in [5, 5.41) is 3.94. The number of carbonyl (C=O) groups is 1. The minimum atomic E-state index is -0.385. The lowest BCUT2D eigenvalue weighted by molar-refractivity contribution is -0.130. The van der Waals surface area contributed by atoms with E-state index in [9.17, 15) is 9.18 Å².